The van der Waals surface area contributed by atoms with Gasteiger partial charge in [-0.15, -0.1) is 0 Å². The largest absolute Gasteiger partial charge is 0.388 e. The first kappa shape index (κ1) is 35.5. The zero-order chi connectivity index (χ0) is 33.4. The van der Waals surface area contributed by atoms with Gasteiger partial charge in [0.15, 0.2) is 0 Å². The van der Waals surface area contributed by atoms with Crippen LogP contribution < -0.4 is 16.0 Å². The number of rotatable bonds is 11. The topological polar surface area (TPSA) is 93.8 Å². The van der Waals surface area contributed by atoms with Crippen LogP contribution in [0, 0.1) is 17.7 Å². The van der Waals surface area contributed by atoms with Gasteiger partial charge in [-0.3, -0.25) is 14.4 Å². The number of nitrogens with one attached hydrogen (secondary N) is 3. The van der Waals surface area contributed by atoms with Crippen LogP contribution >= 0.6 is 0 Å². The van der Waals surface area contributed by atoms with Crippen molar-refractivity contribution in [3.8, 4) is 0 Å². The Balaban J connectivity index is 1.48. The molecule has 3 N–H and O–H groups in total. The van der Waals surface area contributed by atoms with Crippen LogP contribution in [-0.4, -0.2) is 79.3 Å². The van der Waals surface area contributed by atoms with Gasteiger partial charge in [0, 0.05) is 50.4 Å². The fraction of sp³-hybridized carbons (Fsp3) is 0.629. The van der Waals surface area contributed by atoms with E-state index in [9.17, 15) is 14.4 Å². The number of allylic oxidation sites excluding steroid dienone is 3. The second-order valence-electron chi connectivity index (χ2n) is 13.3. The average Bonchev–Trinajstić information content (AvgIpc) is 3.27. The highest BCUT2D eigenvalue weighted by Gasteiger charge is 2.46. The summed E-state index contributed by atoms with van der Waals surface area (Å²) in [5.74, 6) is -7.01. The lowest BCUT2D eigenvalue weighted by atomic mass is 9.79. The first-order valence-electron chi connectivity index (χ1n) is 16.8. The minimum absolute atomic E-state index is 0.0169. The molecule has 2 aliphatic carbocycles. The van der Waals surface area contributed by atoms with Crippen LogP contribution in [-0.2, 0) is 14.4 Å². The number of benzene rings is 1. The van der Waals surface area contributed by atoms with Gasteiger partial charge in [0.05, 0.1) is 5.69 Å². The molecular formula is C35H50F3N5O3. The van der Waals surface area contributed by atoms with Crippen molar-refractivity contribution < 1.29 is 27.6 Å². The van der Waals surface area contributed by atoms with Crippen molar-refractivity contribution in [2.45, 2.75) is 90.0 Å². The number of alkyl halides is 2. The van der Waals surface area contributed by atoms with Crippen LogP contribution in [0.5, 0.6) is 0 Å². The van der Waals surface area contributed by atoms with Gasteiger partial charge >= 0.3 is 5.92 Å². The molecule has 1 saturated heterocycles. The molecule has 11 heteroatoms. The zero-order valence-corrected chi connectivity index (χ0v) is 27.6. The van der Waals surface area contributed by atoms with E-state index < -0.39 is 29.6 Å². The second-order valence-corrected chi connectivity index (χ2v) is 13.3. The predicted molar refractivity (Wildman–Crippen MR) is 174 cm³/mol. The molecule has 254 valence electrons. The molecule has 1 aliphatic heterocycles. The molecule has 3 amide bonds. The summed E-state index contributed by atoms with van der Waals surface area (Å²) in [5.41, 5.74) is 0.448. The first-order valence-corrected chi connectivity index (χ1v) is 16.8. The highest BCUT2D eigenvalue weighted by Crippen LogP contribution is 2.35. The van der Waals surface area contributed by atoms with Gasteiger partial charge in [0.1, 0.15) is 11.9 Å². The zero-order valence-electron chi connectivity index (χ0n) is 27.6. The van der Waals surface area contributed by atoms with Gasteiger partial charge in [-0.25, -0.2) is 4.39 Å². The smallest absolute Gasteiger partial charge is 0.351 e. The maximum absolute atomic E-state index is 15.8. The summed E-state index contributed by atoms with van der Waals surface area (Å²) in [4.78, 5) is 43.7. The van der Waals surface area contributed by atoms with E-state index in [1.54, 1.807) is 12.1 Å². The lowest BCUT2D eigenvalue weighted by molar-refractivity contribution is -0.143. The molecule has 0 unspecified atom stereocenters. The van der Waals surface area contributed by atoms with E-state index in [-0.39, 0.29) is 35.4 Å². The summed E-state index contributed by atoms with van der Waals surface area (Å²) < 4.78 is 46.9. The molecule has 0 bridgehead atoms. The summed E-state index contributed by atoms with van der Waals surface area (Å²) >= 11 is 0. The third kappa shape index (κ3) is 8.92. The molecular weight excluding hydrogens is 595 g/mol. The van der Waals surface area contributed by atoms with Gasteiger partial charge in [-0.05, 0) is 81.5 Å². The molecule has 1 heterocycles. The van der Waals surface area contributed by atoms with Crippen molar-refractivity contribution in [1.82, 2.24) is 20.4 Å². The Bertz CT molecular complexity index is 1300. The van der Waals surface area contributed by atoms with E-state index in [0.717, 1.165) is 25.9 Å². The SMILES string of the molecule is CCNC1=C(C(F)(F)C(=O)N[C@H](C(=O)Nc2ccc([C@H](C)CC(=O)N3CCN(C)CC3)cc2F)C2CCC(C)CC2)C=CCCC1. The molecule has 2 fully saturated rings. The van der Waals surface area contributed by atoms with E-state index in [0.29, 0.717) is 68.9 Å². The van der Waals surface area contributed by atoms with Crippen molar-refractivity contribution >= 4 is 23.4 Å². The molecule has 1 aromatic carbocycles. The van der Waals surface area contributed by atoms with E-state index >= 15 is 13.2 Å². The molecule has 0 aromatic heterocycles. The number of amides is 3. The number of carbonyl (C=O) groups excluding carboxylic acids is 3. The lowest BCUT2D eigenvalue weighted by Gasteiger charge is -2.33. The number of halogens is 3. The third-order valence-electron chi connectivity index (χ3n) is 9.68. The van der Waals surface area contributed by atoms with Gasteiger partial charge in [0.25, 0.3) is 5.91 Å². The molecule has 0 radical (unpaired) electrons. The molecule has 1 saturated carbocycles. The quantitative estimate of drug-likeness (QED) is 0.292. The Morgan fingerprint density at radius 3 is 2.41 bits per heavy atom. The minimum Gasteiger partial charge on any atom is -0.388 e. The normalized spacial score (nSPS) is 22.5. The van der Waals surface area contributed by atoms with E-state index in [1.807, 2.05) is 25.8 Å². The number of hydrogen-bond acceptors (Lipinski definition) is 5. The molecule has 46 heavy (non-hydrogen) atoms. The van der Waals surface area contributed by atoms with Gasteiger partial charge in [-0.2, -0.15) is 8.78 Å². The van der Waals surface area contributed by atoms with E-state index in [2.05, 4.69) is 27.8 Å². The first-order chi connectivity index (χ1) is 21.9. The Morgan fingerprint density at radius 1 is 1.07 bits per heavy atom. The number of likely N-dealkylation sites (N-methyl/N-ethyl adjacent to an activating group) is 1. The van der Waals surface area contributed by atoms with Crippen molar-refractivity contribution in [3.63, 3.8) is 0 Å². The highest BCUT2D eigenvalue weighted by molar-refractivity contribution is 5.99. The van der Waals surface area contributed by atoms with Crippen LogP contribution in [0.25, 0.3) is 0 Å². The Labute approximate surface area is 271 Å². The summed E-state index contributed by atoms with van der Waals surface area (Å²) in [6, 6.07) is 3.13. The second kappa shape index (κ2) is 16.0. The number of anilines is 1. The predicted octanol–water partition coefficient (Wildman–Crippen LogP) is 5.58. The fourth-order valence-corrected chi connectivity index (χ4v) is 6.61. The molecule has 4 rings (SSSR count). The summed E-state index contributed by atoms with van der Waals surface area (Å²) in [7, 11) is 2.02. The van der Waals surface area contributed by atoms with Gasteiger partial charge in [-0.1, -0.05) is 44.9 Å². The van der Waals surface area contributed by atoms with Crippen molar-refractivity contribution in [2.24, 2.45) is 11.8 Å². The standard InChI is InChI=1S/C35H50F3N5O3/c1-5-39-29-10-8-6-7-9-27(29)35(37,38)34(46)41-32(25-13-11-23(2)12-14-25)33(45)40-30-16-15-26(22-28(30)36)24(3)21-31(44)43-19-17-42(4)18-20-43/h7,9,15-16,22-25,32,39H,5-6,8,10-14,17-21H2,1-4H3,(H,40,45)(H,41,46)/t23?,24-,25?,32+/m1/s1. The van der Waals surface area contributed by atoms with E-state index in [4.69, 9.17) is 0 Å². The average molecular weight is 646 g/mol. The number of carbonyl (C=O) groups is 3. The minimum atomic E-state index is -3.87. The highest BCUT2D eigenvalue weighted by atomic mass is 19.3. The van der Waals surface area contributed by atoms with Crippen molar-refractivity contribution in [2.75, 3.05) is 45.1 Å². The van der Waals surface area contributed by atoms with Crippen LogP contribution in [0.4, 0.5) is 18.9 Å². The summed E-state index contributed by atoms with van der Waals surface area (Å²) in [6.07, 6.45) is 7.63. The molecule has 8 nitrogen and oxygen atoms in total. The van der Waals surface area contributed by atoms with E-state index in [1.165, 1.54) is 18.2 Å². The fourth-order valence-electron chi connectivity index (χ4n) is 6.61. The number of piperazine rings is 1. The maximum Gasteiger partial charge on any atom is 0.351 e. The Hall–Kier alpha value is -3.34. The van der Waals surface area contributed by atoms with Crippen LogP contribution in [0.1, 0.15) is 83.6 Å². The number of hydrogen-bond donors (Lipinski definition) is 3. The maximum atomic E-state index is 15.8. The molecule has 0 spiro atoms. The van der Waals surface area contributed by atoms with Crippen LogP contribution in [0.2, 0.25) is 0 Å². The molecule has 1 aromatic rings. The monoisotopic (exact) mass is 645 g/mol. The lowest BCUT2D eigenvalue weighted by Crippen LogP contribution is -2.54. The summed E-state index contributed by atoms with van der Waals surface area (Å²) in [5, 5.41) is 7.93. The third-order valence-corrected chi connectivity index (χ3v) is 9.68. The molecule has 3 aliphatic rings. The van der Waals surface area contributed by atoms with Crippen LogP contribution in [0.15, 0.2) is 41.6 Å². The summed E-state index contributed by atoms with van der Waals surface area (Å²) in [6.45, 7) is 9.15. The van der Waals surface area contributed by atoms with Gasteiger partial charge < -0.3 is 25.8 Å². The van der Waals surface area contributed by atoms with Gasteiger partial charge in [0.2, 0.25) is 11.8 Å². The van der Waals surface area contributed by atoms with Crippen LogP contribution in [0.3, 0.4) is 0 Å². The molecule has 2 atom stereocenters. The van der Waals surface area contributed by atoms with Crippen molar-refractivity contribution in [1.29, 1.82) is 0 Å². The Morgan fingerprint density at radius 2 is 1.76 bits per heavy atom. The Kier molecular flexibility index (Phi) is 12.3. The number of nitrogens with zero attached hydrogens (tertiary/aromatic N) is 2. The van der Waals surface area contributed by atoms with Crippen molar-refractivity contribution in [3.05, 3.63) is 53.0 Å².